The smallest absolute Gasteiger partial charge is 0.271 e. The standard InChI is InChI=1S/C22H23N3O3S/c1-14-5-8-18(13-15(14)2)25-21(26)12-11-20(24-25)29-16(3)22(27)23-17-6-9-19(28-4)10-7-17/h5-13,16H,1-4H3,(H,23,27)/t16-/m0/s1. The van der Waals surface area contributed by atoms with Crippen LogP contribution >= 0.6 is 11.8 Å². The van der Waals surface area contributed by atoms with Crippen LogP contribution in [0.3, 0.4) is 0 Å². The lowest BCUT2D eigenvalue weighted by Crippen LogP contribution is -2.24. The van der Waals surface area contributed by atoms with E-state index in [4.69, 9.17) is 4.74 Å². The Kier molecular flexibility index (Phi) is 6.39. The van der Waals surface area contributed by atoms with E-state index < -0.39 is 5.25 Å². The first kappa shape index (κ1) is 20.7. The van der Waals surface area contributed by atoms with E-state index in [1.54, 1.807) is 44.4 Å². The number of carbonyl (C=O) groups excluding carboxylic acids is 1. The van der Waals surface area contributed by atoms with Gasteiger partial charge in [0.05, 0.1) is 18.0 Å². The molecule has 0 radical (unpaired) electrons. The minimum atomic E-state index is -0.393. The maximum Gasteiger partial charge on any atom is 0.271 e. The highest BCUT2D eigenvalue weighted by Crippen LogP contribution is 2.23. The van der Waals surface area contributed by atoms with E-state index in [0.717, 1.165) is 16.9 Å². The van der Waals surface area contributed by atoms with Crippen LogP contribution in [0.15, 0.2) is 64.4 Å². The monoisotopic (exact) mass is 409 g/mol. The maximum atomic E-state index is 12.5. The predicted octanol–water partition coefficient (Wildman–Crippen LogP) is 3.98. The van der Waals surface area contributed by atoms with Crippen molar-refractivity contribution in [2.24, 2.45) is 0 Å². The Bertz CT molecular complexity index is 1080. The molecule has 3 rings (SSSR count). The van der Waals surface area contributed by atoms with Crippen molar-refractivity contribution in [1.82, 2.24) is 9.78 Å². The number of nitrogens with one attached hydrogen (secondary N) is 1. The average molecular weight is 410 g/mol. The summed E-state index contributed by atoms with van der Waals surface area (Å²) in [4.78, 5) is 24.8. The topological polar surface area (TPSA) is 73.2 Å². The Morgan fingerprint density at radius 2 is 1.79 bits per heavy atom. The van der Waals surface area contributed by atoms with Gasteiger partial charge in [-0.15, -0.1) is 0 Å². The number of anilines is 1. The van der Waals surface area contributed by atoms with E-state index in [1.807, 2.05) is 32.0 Å². The second kappa shape index (κ2) is 8.96. The number of carbonyl (C=O) groups is 1. The van der Waals surface area contributed by atoms with Crippen molar-refractivity contribution in [2.75, 3.05) is 12.4 Å². The normalized spacial score (nSPS) is 11.7. The molecule has 0 aliphatic heterocycles. The third-order valence-electron chi connectivity index (χ3n) is 4.54. The van der Waals surface area contributed by atoms with Crippen molar-refractivity contribution in [3.63, 3.8) is 0 Å². The number of hydrogen-bond acceptors (Lipinski definition) is 5. The molecule has 0 saturated heterocycles. The summed E-state index contributed by atoms with van der Waals surface area (Å²) in [6, 6.07) is 16.0. The summed E-state index contributed by atoms with van der Waals surface area (Å²) in [7, 11) is 1.59. The second-order valence-electron chi connectivity index (χ2n) is 6.67. The molecule has 29 heavy (non-hydrogen) atoms. The minimum absolute atomic E-state index is 0.147. The molecule has 0 aliphatic rings. The van der Waals surface area contributed by atoms with Gasteiger partial charge in [-0.2, -0.15) is 9.78 Å². The summed E-state index contributed by atoms with van der Waals surface area (Å²) in [5.74, 6) is 0.578. The lowest BCUT2D eigenvalue weighted by Gasteiger charge is -2.13. The minimum Gasteiger partial charge on any atom is -0.497 e. The molecule has 7 heteroatoms. The van der Waals surface area contributed by atoms with Gasteiger partial charge in [0.1, 0.15) is 10.8 Å². The molecule has 0 spiro atoms. The lowest BCUT2D eigenvalue weighted by atomic mass is 10.1. The van der Waals surface area contributed by atoms with E-state index in [2.05, 4.69) is 10.4 Å². The van der Waals surface area contributed by atoms with Gasteiger partial charge in [-0.3, -0.25) is 9.59 Å². The quantitative estimate of drug-likeness (QED) is 0.624. The van der Waals surface area contributed by atoms with E-state index in [1.165, 1.54) is 22.5 Å². The number of ether oxygens (including phenoxy) is 1. The highest BCUT2D eigenvalue weighted by Gasteiger charge is 2.16. The number of amides is 1. The van der Waals surface area contributed by atoms with Gasteiger partial charge in [0.25, 0.3) is 5.56 Å². The van der Waals surface area contributed by atoms with Crippen LogP contribution in [0, 0.1) is 13.8 Å². The van der Waals surface area contributed by atoms with Crippen LogP contribution in [0.25, 0.3) is 5.69 Å². The summed E-state index contributed by atoms with van der Waals surface area (Å²) < 4.78 is 6.48. The fraction of sp³-hybridized carbons (Fsp3) is 0.227. The highest BCUT2D eigenvalue weighted by molar-refractivity contribution is 8.00. The first-order valence-corrected chi connectivity index (χ1v) is 10.0. The molecule has 150 valence electrons. The number of rotatable bonds is 6. The summed E-state index contributed by atoms with van der Waals surface area (Å²) in [6.45, 7) is 5.81. The van der Waals surface area contributed by atoms with Crippen LogP contribution in [0.4, 0.5) is 5.69 Å². The highest BCUT2D eigenvalue weighted by atomic mass is 32.2. The molecular weight excluding hydrogens is 386 g/mol. The summed E-state index contributed by atoms with van der Waals surface area (Å²) in [5, 5.41) is 7.51. The van der Waals surface area contributed by atoms with Crippen molar-refractivity contribution in [1.29, 1.82) is 0 Å². The number of aryl methyl sites for hydroxylation is 2. The van der Waals surface area contributed by atoms with Crippen LogP contribution in [0.2, 0.25) is 0 Å². The molecule has 0 fully saturated rings. The number of thioether (sulfide) groups is 1. The SMILES string of the molecule is COc1ccc(NC(=O)[C@H](C)Sc2ccc(=O)n(-c3ccc(C)c(C)c3)n2)cc1. The van der Waals surface area contributed by atoms with Gasteiger partial charge < -0.3 is 10.1 Å². The molecular formula is C22H23N3O3S. The van der Waals surface area contributed by atoms with Gasteiger partial charge in [-0.05, 0) is 74.4 Å². The Labute approximate surface area is 173 Å². The average Bonchev–Trinajstić information content (AvgIpc) is 2.72. The van der Waals surface area contributed by atoms with Gasteiger partial charge in [-0.25, -0.2) is 0 Å². The molecule has 1 atom stereocenters. The van der Waals surface area contributed by atoms with E-state index in [-0.39, 0.29) is 11.5 Å². The first-order valence-electron chi connectivity index (χ1n) is 9.17. The Morgan fingerprint density at radius 3 is 2.45 bits per heavy atom. The van der Waals surface area contributed by atoms with Crippen molar-refractivity contribution >= 4 is 23.4 Å². The Hall–Kier alpha value is -3.06. The molecule has 0 saturated carbocycles. The van der Waals surface area contributed by atoms with Gasteiger partial charge >= 0.3 is 0 Å². The molecule has 0 aliphatic carbocycles. The summed E-state index contributed by atoms with van der Waals surface area (Å²) >= 11 is 1.30. The molecule has 1 aromatic heterocycles. The van der Waals surface area contributed by atoms with Crippen LogP contribution in [0.5, 0.6) is 5.75 Å². The van der Waals surface area contributed by atoms with Gasteiger partial charge in [0.2, 0.25) is 5.91 Å². The molecule has 0 unspecified atom stereocenters. The van der Waals surface area contributed by atoms with Crippen molar-refractivity contribution in [3.8, 4) is 11.4 Å². The molecule has 1 heterocycles. The van der Waals surface area contributed by atoms with Crippen LogP contribution in [-0.4, -0.2) is 28.0 Å². The van der Waals surface area contributed by atoms with Crippen LogP contribution in [0.1, 0.15) is 18.1 Å². The van der Waals surface area contributed by atoms with Crippen LogP contribution in [-0.2, 0) is 4.79 Å². The zero-order valence-corrected chi connectivity index (χ0v) is 17.6. The molecule has 3 aromatic rings. The fourth-order valence-corrected chi connectivity index (χ4v) is 3.46. The predicted molar refractivity (Wildman–Crippen MR) is 116 cm³/mol. The number of methoxy groups -OCH3 is 1. The Balaban J connectivity index is 1.74. The number of nitrogens with zero attached hydrogens (tertiary/aromatic N) is 2. The third-order valence-corrected chi connectivity index (χ3v) is 5.56. The number of aromatic nitrogens is 2. The van der Waals surface area contributed by atoms with Gasteiger partial charge in [0, 0.05) is 11.8 Å². The fourth-order valence-electron chi connectivity index (χ4n) is 2.65. The second-order valence-corrected chi connectivity index (χ2v) is 8.03. The molecule has 2 aromatic carbocycles. The molecule has 0 bridgehead atoms. The third kappa shape index (κ3) is 5.06. The summed E-state index contributed by atoms with van der Waals surface area (Å²) in [5.41, 5.74) is 3.41. The van der Waals surface area contributed by atoms with Gasteiger partial charge in [0.15, 0.2) is 0 Å². The molecule has 1 N–H and O–H groups in total. The van der Waals surface area contributed by atoms with Crippen molar-refractivity contribution in [3.05, 3.63) is 76.1 Å². The van der Waals surface area contributed by atoms with E-state index in [9.17, 15) is 9.59 Å². The van der Waals surface area contributed by atoms with Crippen molar-refractivity contribution < 1.29 is 9.53 Å². The van der Waals surface area contributed by atoms with Crippen LogP contribution < -0.4 is 15.6 Å². The zero-order chi connectivity index (χ0) is 21.0. The Morgan fingerprint density at radius 1 is 1.07 bits per heavy atom. The first-order chi connectivity index (χ1) is 13.9. The number of benzene rings is 2. The van der Waals surface area contributed by atoms with E-state index in [0.29, 0.717) is 16.4 Å². The molecule has 1 amide bonds. The maximum absolute atomic E-state index is 12.5. The number of hydrogen-bond donors (Lipinski definition) is 1. The molecule has 6 nitrogen and oxygen atoms in total. The van der Waals surface area contributed by atoms with E-state index >= 15 is 0 Å². The lowest BCUT2D eigenvalue weighted by molar-refractivity contribution is -0.115. The summed E-state index contributed by atoms with van der Waals surface area (Å²) in [6.07, 6.45) is 0. The zero-order valence-electron chi connectivity index (χ0n) is 16.8. The van der Waals surface area contributed by atoms with Gasteiger partial charge in [-0.1, -0.05) is 17.8 Å². The van der Waals surface area contributed by atoms with Crippen molar-refractivity contribution in [2.45, 2.75) is 31.0 Å². The largest absolute Gasteiger partial charge is 0.497 e.